The van der Waals surface area contributed by atoms with Crippen molar-refractivity contribution in [1.29, 1.82) is 0 Å². The first kappa shape index (κ1) is 20.3. The molecule has 3 aromatic carbocycles. The van der Waals surface area contributed by atoms with Crippen LogP contribution in [0.3, 0.4) is 0 Å². The van der Waals surface area contributed by atoms with E-state index in [0.717, 1.165) is 0 Å². The number of nitrogens with zero attached hydrogens (tertiary/aromatic N) is 1. The van der Waals surface area contributed by atoms with E-state index >= 15 is 0 Å². The second-order valence-corrected chi connectivity index (χ2v) is 6.85. The van der Waals surface area contributed by atoms with Gasteiger partial charge >= 0.3 is 0 Å². The first-order chi connectivity index (χ1) is 15.1. The second-order valence-electron chi connectivity index (χ2n) is 6.85. The van der Waals surface area contributed by atoms with Crippen LogP contribution in [-0.2, 0) is 10.4 Å². The van der Waals surface area contributed by atoms with E-state index in [1.807, 2.05) is 0 Å². The van der Waals surface area contributed by atoms with E-state index in [1.165, 1.54) is 18.3 Å². The third kappa shape index (κ3) is 4.29. The number of benzene rings is 3. The highest BCUT2D eigenvalue weighted by Crippen LogP contribution is 2.30. The maximum atomic E-state index is 13.1. The molecule has 0 saturated carbocycles. The van der Waals surface area contributed by atoms with Crippen molar-refractivity contribution in [3.63, 3.8) is 0 Å². The first-order valence-electron chi connectivity index (χ1n) is 9.60. The topological polar surface area (TPSA) is 74.8 Å². The third-order valence-electron chi connectivity index (χ3n) is 4.83. The quantitative estimate of drug-likeness (QED) is 0.361. The summed E-state index contributed by atoms with van der Waals surface area (Å²) in [6, 6.07) is 26.6. The molecule has 0 aliphatic carbocycles. The molecular formula is C25H19FN2O3. The number of carbonyl (C=O) groups is 1. The summed E-state index contributed by atoms with van der Waals surface area (Å²) in [6.07, 6.45) is 1.33. The summed E-state index contributed by atoms with van der Waals surface area (Å²) in [4.78, 5) is 13.0. The Balaban J connectivity index is 1.54. The molecule has 4 rings (SSSR count). The van der Waals surface area contributed by atoms with Crippen LogP contribution in [0.4, 0.5) is 4.39 Å². The molecule has 0 bridgehead atoms. The lowest BCUT2D eigenvalue weighted by Gasteiger charge is -2.26. The molecule has 1 aromatic heterocycles. The minimum Gasteiger partial charge on any atom is -0.455 e. The van der Waals surface area contributed by atoms with E-state index in [-0.39, 0.29) is 5.82 Å². The number of amides is 1. The number of rotatable bonds is 6. The van der Waals surface area contributed by atoms with E-state index in [2.05, 4.69) is 10.5 Å². The molecular weight excluding hydrogens is 395 g/mol. The molecule has 0 fully saturated rings. The average Bonchev–Trinajstić information content (AvgIpc) is 3.29. The van der Waals surface area contributed by atoms with Crippen molar-refractivity contribution < 1.29 is 18.7 Å². The molecule has 4 aromatic rings. The lowest BCUT2D eigenvalue weighted by Crippen LogP contribution is -2.43. The van der Waals surface area contributed by atoms with Gasteiger partial charge in [-0.15, -0.1) is 0 Å². The fourth-order valence-electron chi connectivity index (χ4n) is 3.21. The van der Waals surface area contributed by atoms with E-state index in [0.29, 0.717) is 28.2 Å². The molecule has 6 heteroatoms. The highest BCUT2D eigenvalue weighted by atomic mass is 19.1. The van der Waals surface area contributed by atoms with E-state index < -0.39 is 11.5 Å². The summed E-state index contributed by atoms with van der Waals surface area (Å²) >= 11 is 0. The van der Waals surface area contributed by atoms with Crippen LogP contribution in [-0.4, -0.2) is 17.2 Å². The smallest absolute Gasteiger partial charge is 0.281 e. The van der Waals surface area contributed by atoms with Gasteiger partial charge in [0.25, 0.3) is 5.91 Å². The minimum absolute atomic E-state index is 0.330. The van der Waals surface area contributed by atoms with Crippen LogP contribution in [0.1, 0.15) is 16.9 Å². The molecule has 2 N–H and O–H groups in total. The number of carbonyl (C=O) groups excluding carboxylic acids is 1. The van der Waals surface area contributed by atoms with Gasteiger partial charge in [0.05, 0.1) is 6.21 Å². The van der Waals surface area contributed by atoms with Gasteiger partial charge in [-0.1, -0.05) is 60.7 Å². The number of furan rings is 1. The maximum absolute atomic E-state index is 13.1. The molecule has 5 nitrogen and oxygen atoms in total. The summed E-state index contributed by atoms with van der Waals surface area (Å²) < 4.78 is 18.7. The van der Waals surface area contributed by atoms with Crippen molar-refractivity contribution in [2.45, 2.75) is 5.60 Å². The van der Waals surface area contributed by atoms with Crippen LogP contribution in [0.25, 0.3) is 11.3 Å². The van der Waals surface area contributed by atoms with E-state index in [9.17, 15) is 14.3 Å². The van der Waals surface area contributed by atoms with Crippen LogP contribution in [0.15, 0.2) is 107 Å². The van der Waals surface area contributed by atoms with Gasteiger partial charge in [0, 0.05) is 5.56 Å². The zero-order valence-electron chi connectivity index (χ0n) is 16.4. The third-order valence-corrected chi connectivity index (χ3v) is 4.83. The van der Waals surface area contributed by atoms with Gasteiger partial charge in [0.1, 0.15) is 17.3 Å². The van der Waals surface area contributed by atoms with Gasteiger partial charge in [-0.05, 0) is 47.5 Å². The minimum atomic E-state index is -1.91. The van der Waals surface area contributed by atoms with Crippen LogP contribution < -0.4 is 5.43 Å². The van der Waals surface area contributed by atoms with Crippen LogP contribution in [0.5, 0.6) is 0 Å². The lowest BCUT2D eigenvalue weighted by molar-refractivity contribution is -0.136. The van der Waals surface area contributed by atoms with Crippen molar-refractivity contribution in [3.05, 3.63) is 120 Å². The van der Waals surface area contributed by atoms with Crippen molar-refractivity contribution in [3.8, 4) is 11.3 Å². The molecule has 0 saturated heterocycles. The number of hydrogen-bond acceptors (Lipinski definition) is 4. The first-order valence-corrected chi connectivity index (χ1v) is 9.60. The number of halogens is 1. The van der Waals surface area contributed by atoms with Gasteiger partial charge in [0.2, 0.25) is 0 Å². The predicted molar refractivity (Wildman–Crippen MR) is 116 cm³/mol. The van der Waals surface area contributed by atoms with Crippen LogP contribution >= 0.6 is 0 Å². The Bertz CT molecular complexity index is 1150. The zero-order valence-corrected chi connectivity index (χ0v) is 16.4. The highest BCUT2D eigenvalue weighted by molar-refractivity contribution is 5.91. The fraction of sp³-hybridized carbons (Fsp3) is 0.0400. The summed E-state index contributed by atoms with van der Waals surface area (Å²) in [5, 5.41) is 15.3. The second kappa shape index (κ2) is 8.77. The van der Waals surface area contributed by atoms with Gasteiger partial charge < -0.3 is 9.52 Å². The van der Waals surface area contributed by atoms with Gasteiger partial charge in [-0.25, -0.2) is 9.82 Å². The Morgan fingerprint density at radius 2 is 1.45 bits per heavy atom. The Labute approximate surface area is 178 Å². The SMILES string of the molecule is O=C(NN=Cc1ccc(-c2ccc(F)cc2)o1)C(O)(c1ccccc1)c1ccccc1. The largest absolute Gasteiger partial charge is 0.455 e. The molecule has 0 unspecified atom stereocenters. The molecule has 0 radical (unpaired) electrons. The number of aliphatic hydroxyl groups is 1. The number of hydrogen-bond donors (Lipinski definition) is 2. The van der Waals surface area contributed by atoms with Gasteiger partial charge in [-0.2, -0.15) is 5.10 Å². The normalized spacial score (nSPS) is 11.5. The number of nitrogens with one attached hydrogen (secondary N) is 1. The Hall–Kier alpha value is -4.03. The van der Waals surface area contributed by atoms with E-state index in [4.69, 9.17) is 4.42 Å². The molecule has 0 aliphatic rings. The summed E-state index contributed by atoms with van der Waals surface area (Å²) in [6.45, 7) is 0. The predicted octanol–water partition coefficient (Wildman–Crippen LogP) is 4.47. The highest BCUT2D eigenvalue weighted by Gasteiger charge is 2.39. The molecule has 0 spiro atoms. The van der Waals surface area contributed by atoms with E-state index in [1.54, 1.807) is 84.9 Å². The number of hydrazone groups is 1. The maximum Gasteiger partial charge on any atom is 0.281 e. The average molecular weight is 414 g/mol. The molecule has 154 valence electrons. The fourth-order valence-corrected chi connectivity index (χ4v) is 3.21. The molecule has 0 atom stereocenters. The monoisotopic (exact) mass is 414 g/mol. The van der Waals surface area contributed by atoms with Crippen molar-refractivity contribution in [1.82, 2.24) is 5.43 Å². The molecule has 0 aliphatic heterocycles. The molecule has 1 heterocycles. The lowest BCUT2D eigenvalue weighted by atomic mass is 9.85. The zero-order chi connectivity index (χ0) is 21.7. The standard InChI is InChI=1S/C25H19FN2O3/c26-21-13-11-18(12-14-21)23-16-15-22(31-23)17-27-28-24(29)25(30,19-7-3-1-4-8-19)20-9-5-2-6-10-20/h1-17,30H,(H,28,29). The van der Waals surface area contributed by atoms with Crippen LogP contribution in [0, 0.1) is 5.82 Å². The molecule has 31 heavy (non-hydrogen) atoms. The van der Waals surface area contributed by atoms with Gasteiger partial charge in [0.15, 0.2) is 5.60 Å². The summed E-state index contributed by atoms with van der Waals surface area (Å²) in [5.41, 5.74) is 2.04. The van der Waals surface area contributed by atoms with Crippen LogP contribution in [0.2, 0.25) is 0 Å². The Morgan fingerprint density at radius 1 is 0.871 bits per heavy atom. The van der Waals surface area contributed by atoms with Gasteiger partial charge in [-0.3, -0.25) is 4.79 Å². The Morgan fingerprint density at radius 3 is 2.03 bits per heavy atom. The molecule has 1 amide bonds. The Kier molecular flexibility index (Phi) is 5.73. The van der Waals surface area contributed by atoms with Crippen molar-refractivity contribution >= 4 is 12.1 Å². The summed E-state index contributed by atoms with van der Waals surface area (Å²) in [7, 11) is 0. The van der Waals surface area contributed by atoms with Crippen molar-refractivity contribution in [2.75, 3.05) is 0 Å². The van der Waals surface area contributed by atoms with Crippen molar-refractivity contribution in [2.24, 2.45) is 5.10 Å². The summed E-state index contributed by atoms with van der Waals surface area (Å²) in [5.74, 6) is -0.101.